The van der Waals surface area contributed by atoms with Gasteiger partial charge in [-0.05, 0) is 50.0 Å². The van der Waals surface area contributed by atoms with Crippen LogP contribution in [-0.4, -0.2) is 57.2 Å². The first-order valence-electron chi connectivity index (χ1n) is 11.8. The third kappa shape index (κ3) is 3.74. The first-order chi connectivity index (χ1) is 14.1. The number of halogens is 1. The van der Waals surface area contributed by atoms with Gasteiger partial charge in [-0.15, -0.1) is 0 Å². The van der Waals surface area contributed by atoms with Crippen molar-refractivity contribution >= 4 is 17.5 Å². The van der Waals surface area contributed by atoms with Crippen LogP contribution in [0.15, 0.2) is 6.20 Å². The minimum absolute atomic E-state index is 0.0744. The highest BCUT2D eigenvalue weighted by Crippen LogP contribution is 2.44. The lowest BCUT2D eigenvalue weighted by atomic mass is 9.69. The van der Waals surface area contributed by atoms with Crippen molar-refractivity contribution in [3.8, 4) is 0 Å². The standard InChI is InChI=1S/C23H35ClN4O/c1-26-22(19(24)13-25-26)23(29)27-14-17-12-18(15-27)21(11-16-7-3-2-4-8-16)28-10-6-5-9-20(17)28/h13,16-18,20-21H,2-12,14-15H2,1H3/t17-,18+,20+,21+/m1/s1. The number of aromatic nitrogens is 2. The molecule has 1 aromatic rings. The molecule has 0 unspecified atom stereocenters. The summed E-state index contributed by atoms with van der Waals surface area (Å²) >= 11 is 6.31. The molecule has 4 heterocycles. The number of rotatable bonds is 3. The Hall–Kier alpha value is -1.07. The van der Waals surface area contributed by atoms with Crippen LogP contribution >= 0.6 is 11.6 Å². The van der Waals surface area contributed by atoms with Crippen LogP contribution in [0.25, 0.3) is 0 Å². The Morgan fingerprint density at radius 1 is 1.10 bits per heavy atom. The normalized spacial score (nSPS) is 33.5. The summed E-state index contributed by atoms with van der Waals surface area (Å²) in [6.45, 7) is 3.04. The van der Waals surface area contributed by atoms with Gasteiger partial charge in [0, 0.05) is 32.2 Å². The topological polar surface area (TPSA) is 41.4 Å². The Kier molecular flexibility index (Phi) is 5.63. The molecule has 4 fully saturated rings. The fourth-order valence-corrected chi connectivity index (χ4v) is 7.21. The van der Waals surface area contributed by atoms with E-state index in [4.69, 9.17) is 11.6 Å². The van der Waals surface area contributed by atoms with Crippen molar-refractivity contribution in [1.29, 1.82) is 0 Å². The highest BCUT2D eigenvalue weighted by molar-refractivity contribution is 6.33. The lowest BCUT2D eigenvalue weighted by molar-refractivity contribution is -0.0726. The van der Waals surface area contributed by atoms with E-state index in [1.54, 1.807) is 10.9 Å². The number of hydrogen-bond acceptors (Lipinski definition) is 3. The van der Waals surface area contributed by atoms with Gasteiger partial charge in [0.25, 0.3) is 5.91 Å². The monoisotopic (exact) mass is 418 g/mol. The molecule has 0 radical (unpaired) electrons. The van der Waals surface area contributed by atoms with E-state index in [1.807, 2.05) is 7.05 Å². The number of carbonyl (C=O) groups excluding carboxylic acids is 1. The van der Waals surface area contributed by atoms with Crippen LogP contribution in [0.5, 0.6) is 0 Å². The zero-order valence-electron chi connectivity index (χ0n) is 17.7. The molecule has 1 aromatic heterocycles. The second-order valence-corrected chi connectivity index (χ2v) is 10.4. The summed E-state index contributed by atoms with van der Waals surface area (Å²) in [5.74, 6) is 2.20. The number of aryl methyl sites for hydroxylation is 1. The van der Waals surface area contributed by atoms with E-state index in [1.165, 1.54) is 70.8 Å². The molecule has 1 amide bonds. The van der Waals surface area contributed by atoms with E-state index in [0.717, 1.165) is 19.0 Å². The van der Waals surface area contributed by atoms with E-state index in [0.29, 0.717) is 34.6 Å². The third-order valence-electron chi connectivity index (χ3n) is 8.31. The van der Waals surface area contributed by atoms with Crippen molar-refractivity contribution < 1.29 is 4.79 Å². The Morgan fingerprint density at radius 2 is 1.86 bits per heavy atom. The van der Waals surface area contributed by atoms with Crippen molar-refractivity contribution in [3.63, 3.8) is 0 Å². The Bertz CT molecular complexity index is 724. The van der Waals surface area contributed by atoms with Crippen molar-refractivity contribution in [2.24, 2.45) is 24.8 Å². The number of likely N-dealkylation sites (tertiary alicyclic amines) is 1. The molecule has 5 nitrogen and oxygen atoms in total. The van der Waals surface area contributed by atoms with Crippen molar-refractivity contribution in [2.45, 2.75) is 76.3 Å². The van der Waals surface area contributed by atoms with Gasteiger partial charge in [0.05, 0.1) is 11.2 Å². The van der Waals surface area contributed by atoms with Crippen LogP contribution in [0.3, 0.4) is 0 Å². The van der Waals surface area contributed by atoms with E-state index in [-0.39, 0.29) is 5.91 Å². The summed E-state index contributed by atoms with van der Waals surface area (Å²) < 4.78 is 1.64. The van der Waals surface area contributed by atoms with Gasteiger partial charge < -0.3 is 4.90 Å². The fourth-order valence-electron chi connectivity index (χ4n) is 6.96. The number of piperidine rings is 3. The molecule has 6 heteroatoms. The highest BCUT2D eigenvalue weighted by Gasteiger charge is 2.48. The Balaban J connectivity index is 1.38. The number of amides is 1. The van der Waals surface area contributed by atoms with Crippen molar-refractivity contribution in [2.75, 3.05) is 19.6 Å². The van der Waals surface area contributed by atoms with Crippen molar-refractivity contribution in [1.82, 2.24) is 19.6 Å². The molecule has 5 rings (SSSR count). The molecule has 0 spiro atoms. The van der Waals surface area contributed by atoms with Gasteiger partial charge >= 0.3 is 0 Å². The molecule has 0 N–H and O–H groups in total. The molecule has 2 bridgehead atoms. The van der Waals surface area contributed by atoms with E-state index in [9.17, 15) is 4.79 Å². The smallest absolute Gasteiger partial charge is 0.273 e. The van der Waals surface area contributed by atoms with E-state index in [2.05, 4.69) is 14.9 Å². The van der Waals surface area contributed by atoms with Gasteiger partial charge in [-0.1, -0.05) is 50.1 Å². The summed E-state index contributed by atoms with van der Waals surface area (Å²) in [7, 11) is 1.82. The lowest BCUT2D eigenvalue weighted by Crippen LogP contribution is -2.64. The minimum atomic E-state index is 0.0744. The minimum Gasteiger partial charge on any atom is -0.337 e. The maximum atomic E-state index is 13.4. The lowest BCUT2D eigenvalue weighted by Gasteiger charge is -2.57. The van der Waals surface area contributed by atoms with Gasteiger partial charge in [0.2, 0.25) is 0 Å². The molecule has 0 aromatic carbocycles. The average Bonchev–Trinajstić information content (AvgIpc) is 3.09. The maximum absolute atomic E-state index is 13.4. The third-order valence-corrected chi connectivity index (χ3v) is 8.58. The summed E-state index contributed by atoms with van der Waals surface area (Å²) in [6.07, 6.45) is 15.3. The zero-order chi connectivity index (χ0) is 20.0. The molecule has 4 atom stereocenters. The Morgan fingerprint density at radius 3 is 2.62 bits per heavy atom. The summed E-state index contributed by atoms with van der Waals surface area (Å²) in [5.41, 5.74) is 0.552. The van der Waals surface area contributed by atoms with Crippen LogP contribution in [0.4, 0.5) is 0 Å². The fraction of sp³-hybridized carbons (Fsp3) is 0.826. The number of fused-ring (bicyclic) bond motifs is 4. The van der Waals surface area contributed by atoms with Gasteiger partial charge in [-0.25, -0.2) is 0 Å². The molecule has 4 aliphatic rings. The first-order valence-corrected chi connectivity index (χ1v) is 12.2. The van der Waals surface area contributed by atoms with Gasteiger partial charge in [0.1, 0.15) is 5.69 Å². The second kappa shape index (κ2) is 8.22. The van der Waals surface area contributed by atoms with Crippen LogP contribution in [-0.2, 0) is 7.05 Å². The van der Waals surface area contributed by atoms with Crippen molar-refractivity contribution in [3.05, 3.63) is 16.9 Å². The molecule has 3 saturated heterocycles. The molecular weight excluding hydrogens is 384 g/mol. The predicted octanol–water partition coefficient (Wildman–Crippen LogP) is 4.36. The quantitative estimate of drug-likeness (QED) is 0.732. The molecule has 160 valence electrons. The predicted molar refractivity (Wildman–Crippen MR) is 115 cm³/mol. The summed E-state index contributed by atoms with van der Waals surface area (Å²) in [6, 6.07) is 1.34. The average molecular weight is 419 g/mol. The zero-order valence-corrected chi connectivity index (χ0v) is 18.5. The van der Waals surface area contributed by atoms with Gasteiger partial charge in [-0.2, -0.15) is 5.10 Å². The first kappa shape index (κ1) is 19.9. The Labute approximate surface area is 179 Å². The second-order valence-electron chi connectivity index (χ2n) is 10.0. The maximum Gasteiger partial charge on any atom is 0.273 e. The molecule has 1 saturated carbocycles. The van der Waals surface area contributed by atoms with E-state index < -0.39 is 0 Å². The number of hydrogen-bond donors (Lipinski definition) is 0. The van der Waals surface area contributed by atoms with Crippen LogP contribution in [0, 0.1) is 17.8 Å². The molecular formula is C23H35ClN4O. The SMILES string of the molecule is Cn1ncc(Cl)c1C(=O)N1C[C@H]2C[C@@H](C1)[C@H](CC1CCCCC1)N1CCCC[C@@H]21. The van der Waals surface area contributed by atoms with Gasteiger partial charge in [0.15, 0.2) is 0 Å². The molecule has 29 heavy (non-hydrogen) atoms. The van der Waals surface area contributed by atoms with E-state index >= 15 is 0 Å². The molecule has 1 aliphatic carbocycles. The molecule has 3 aliphatic heterocycles. The van der Waals surface area contributed by atoms with Crippen LogP contribution < -0.4 is 0 Å². The van der Waals surface area contributed by atoms with Crippen LogP contribution in [0.1, 0.15) is 74.7 Å². The summed E-state index contributed by atoms with van der Waals surface area (Å²) in [5, 5.41) is 4.67. The number of carbonyl (C=O) groups is 1. The largest absolute Gasteiger partial charge is 0.337 e. The highest BCUT2D eigenvalue weighted by atomic mass is 35.5. The van der Waals surface area contributed by atoms with Gasteiger partial charge in [-0.3, -0.25) is 14.4 Å². The number of nitrogens with zero attached hydrogens (tertiary/aromatic N) is 4. The summed E-state index contributed by atoms with van der Waals surface area (Å²) in [4.78, 5) is 18.4. The van der Waals surface area contributed by atoms with Crippen LogP contribution in [0.2, 0.25) is 5.02 Å².